The lowest BCUT2D eigenvalue weighted by Crippen LogP contribution is -2.22. The predicted octanol–water partition coefficient (Wildman–Crippen LogP) is 4.22. The van der Waals surface area contributed by atoms with E-state index < -0.39 is 0 Å². The summed E-state index contributed by atoms with van der Waals surface area (Å²) >= 11 is 5.12. The van der Waals surface area contributed by atoms with Gasteiger partial charge in [-0.15, -0.1) is 11.3 Å². The van der Waals surface area contributed by atoms with Crippen LogP contribution in [0.4, 0.5) is 5.69 Å². The van der Waals surface area contributed by atoms with E-state index in [0.717, 1.165) is 20.8 Å². The largest absolute Gasteiger partial charge is 0.491 e. The van der Waals surface area contributed by atoms with Gasteiger partial charge in [-0.3, -0.25) is 0 Å². The fraction of sp³-hybridized carbons (Fsp3) is 0.267. The average molecular weight is 368 g/mol. The molecule has 21 heavy (non-hydrogen) atoms. The molecular formula is C15H18BrN3OS. The van der Waals surface area contributed by atoms with Crippen molar-refractivity contribution in [1.29, 1.82) is 0 Å². The van der Waals surface area contributed by atoms with Gasteiger partial charge in [-0.05, 0) is 71.1 Å². The summed E-state index contributed by atoms with van der Waals surface area (Å²) in [6.07, 6.45) is 0.166. The predicted molar refractivity (Wildman–Crippen MR) is 93.2 cm³/mol. The standard InChI is InChI=1S/C15H18BrN3OS/c1-10(2)20-13-5-3-12(4-6-13)19-15(17)18-9-11-7-8-21-14(11)16/h3-8,10H,9H2,1-2H3,(H3,17,18,19). The van der Waals surface area contributed by atoms with Gasteiger partial charge in [-0.1, -0.05) is 0 Å². The molecule has 0 bridgehead atoms. The molecule has 1 aromatic carbocycles. The Morgan fingerprint density at radius 2 is 2.05 bits per heavy atom. The van der Waals surface area contributed by atoms with Gasteiger partial charge in [-0.25, -0.2) is 4.99 Å². The normalized spacial score (nSPS) is 11.7. The number of thiophene rings is 1. The van der Waals surface area contributed by atoms with Crippen LogP contribution < -0.4 is 15.8 Å². The minimum absolute atomic E-state index is 0.166. The molecule has 0 radical (unpaired) electrons. The van der Waals surface area contributed by atoms with Crippen LogP contribution in [0.5, 0.6) is 5.75 Å². The number of benzene rings is 1. The van der Waals surface area contributed by atoms with Gasteiger partial charge >= 0.3 is 0 Å². The highest BCUT2D eigenvalue weighted by Gasteiger charge is 2.01. The Morgan fingerprint density at radius 3 is 2.62 bits per heavy atom. The van der Waals surface area contributed by atoms with Crippen molar-refractivity contribution in [3.63, 3.8) is 0 Å². The first kappa shape index (κ1) is 15.9. The van der Waals surface area contributed by atoms with Gasteiger partial charge in [0.1, 0.15) is 5.75 Å². The second kappa shape index (κ2) is 7.47. The number of anilines is 1. The van der Waals surface area contributed by atoms with Crippen LogP contribution in [0.3, 0.4) is 0 Å². The van der Waals surface area contributed by atoms with Crippen molar-refractivity contribution < 1.29 is 4.74 Å². The minimum atomic E-state index is 0.166. The van der Waals surface area contributed by atoms with Crippen LogP contribution in [0.15, 0.2) is 44.5 Å². The highest BCUT2D eigenvalue weighted by Crippen LogP contribution is 2.24. The van der Waals surface area contributed by atoms with E-state index in [9.17, 15) is 0 Å². The number of hydrogen-bond acceptors (Lipinski definition) is 3. The number of nitrogens with two attached hydrogens (primary N) is 1. The molecule has 0 aliphatic carbocycles. The van der Waals surface area contributed by atoms with Crippen molar-refractivity contribution in [3.05, 3.63) is 45.1 Å². The molecule has 0 aliphatic heterocycles. The molecule has 2 rings (SSSR count). The third-order valence-electron chi connectivity index (χ3n) is 2.61. The first-order valence-corrected chi connectivity index (χ1v) is 8.27. The van der Waals surface area contributed by atoms with E-state index >= 15 is 0 Å². The van der Waals surface area contributed by atoms with Crippen LogP contribution >= 0.6 is 27.3 Å². The highest BCUT2D eigenvalue weighted by atomic mass is 79.9. The molecule has 0 unspecified atom stereocenters. The summed E-state index contributed by atoms with van der Waals surface area (Å²) < 4.78 is 6.68. The van der Waals surface area contributed by atoms with Gasteiger partial charge in [0, 0.05) is 5.69 Å². The van der Waals surface area contributed by atoms with E-state index in [4.69, 9.17) is 10.5 Å². The molecular weight excluding hydrogens is 350 g/mol. The van der Waals surface area contributed by atoms with Crippen LogP contribution in [0.25, 0.3) is 0 Å². The summed E-state index contributed by atoms with van der Waals surface area (Å²) in [7, 11) is 0. The zero-order chi connectivity index (χ0) is 15.2. The van der Waals surface area contributed by atoms with Crippen LogP contribution in [0, 0.1) is 0 Å². The van der Waals surface area contributed by atoms with E-state index in [1.165, 1.54) is 0 Å². The van der Waals surface area contributed by atoms with Crippen molar-refractivity contribution in [3.8, 4) is 5.75 Å². The lowest BCUT2D eigenvalue weighted by atomic mass is 10.3. The minimum Gasteiger partial charge on any atom is -0.491 e. The number of aliphatic imine (C=N–C) groups is 1. The van der Waals surface area contributed by atoms with Crippen molar-refractivity contribution in [2.24, 2.45) is 10.7 Å². The maximum Gasteiger partial charge on any atom is 0.193 e. The van der Waals surface area contributed by atoms with E-state index in [1.54, 1.807) is 11.3 Å². The van der Waals surface area contributed by atoms with Crippen molar-refractivity contribution in [1.82, 2.24) is 0 Å². The van der Waals surface area contributed by atoms with Gasteiger partial charge in [0.2, 0.25) is 0 Å². The number of hydrogen-bond donors (Lipinski definition) is 2. The first-order chi connectivity index (χ1) is 10.0. The second-order valence-electron chi connectivity index (χ2n) is 4.74. The Morgan fingerprint density at radius 1 is 1.33 bits per heavy atom. The van der Waals surface area contributed by atoms with Crippen LogP contribution in [-0.4, -0.2) is 12.1 Å². The van der Waals surface area contributed by atoms with Gasteiger partial charge in [0.05, 0.1) is 16.4 Å². The number of nitrogens with one attached hydrogen (secondary N) is 1. The molecule has 1 heterocycles. The topological polar surface area (TPSA) is 59.6 Å². The van der Waals surface area contributed by atoms with Gasteiger partial charge in [0.25, 0.3) is 0 Å². The van der Waals surface area contributed by atoms with Crippen LogP contribution in [0.2, 0.25) is 0 Å². The fourth-order valence-electron chi connectivity index (χ4n) is 1.68. The van der Waals surface area contributed by atoms with Crippen molar-refractivity contribution in [2.75, 3.05) is 5.32 Å². The van der Waals surface area contributed by atoms with Crippen LogP contribution in [-0.2, 0) is 6.54 Å². The van der Waals surface area contributed by atoms with Crippen LogP contribution in [0.1, 0.15) is 19.4 Å². The van der Waals surface area contributed by atoms with Gasteiger partial charge < -0.3 is 15.8 Å². The van der Waals surface area contributed by atoms with E-state index in [-0.39, 0.29) is 6.10 Å². The number of ether oxygens (including phenoxy) is 1. The monoisotopic (exact) mass is 367 g/mol. The first-order valence-electron chi connectivity index (χ1n) is 6.60. The highest BCUT2D eigenvalue weighted by molar-refractivity contribution is 9.11. The van der Waals surface area contributed by atoms with Gasteiger partial charge in [0.15, 0.2) is 5.96 Å². The molecule has 0 saturated heterocycles. The summed E-state index contributed by atoms with van der Waals surface area (Å²) in [6, 6.07) is 9.68. The van der Waals surface area contributed by atoms with Crippen molar-refractivity contribution in [2.45, 2.75) is 26.5 Å². The molecule has 112 valence electrons. The molecule has 0 spiro atoms. The molecule has 2 aromatic rings. The fourth-order valence-corrected chi connectivity index (χ4v) is 2.90. The summed E-state index contributed by atoms with van der Waals surface area (Å²) in [5.74, 6) is 1.24. The Balaban J connectivity index is 1.93. The molecule has 0 aliphatic rings. The molecule has 0 saturated carbocycles. The molecule has 0 amide bonds. The maximum absolute atomic E-state index is 5.89. The second-order valence-corrected chi connectivity index (χ2v) is 6.97. The van der Waals surface area contributed by atoms with E-state index in [0.29, 0.717) is 12.5 Å². The Labute approximate surface area is 137 Å². The SMILES string of the molecule is CC(C)Oc1ccc(NC(N)=NCc2ccsc2Br)cc1. The zero-order valence-corrected chi connectivity index (χ0v) is 14.4. The summed E-state index contributed by atoms with van der Waals surface area (Å²) in [5, 5.41) is 5.08. The maximum atomic E-state index is 5.89. The quantitative estimate of drug-likeness (QED) is 0.614. The number of halogens is 1. The van der Waals surface area contributed by atoms with Crippen molar-refractivity contribution >= 4 is 38.9 Å². The lowest BCUT2D eigenvalue weighted by Gasteiger charge is -2.10. The molecule has 3 N–H and O–H groups in total. The average Bonchev–Trinajstić information content (AvgIpc) is 2.84. The Hall–Kier alpha value is -1.53. The number of guanidine groups is 1. The molecule has 0 atom stereocenters. The smallest absolute Gasteiger partial charge is 0.193 e. The zero-order valence-electron chi connectivity index (χ0n) is 12.0. The summed E-state index contributed by atoms with van der Waals surface area (Å²) in [5.41, 5.74) is 7.90. The summed E-state index contributed by atoms with van der Waals surface area (Å²) in [6.45, 7) is 4.55. The lowest BCUT2D eigenvalue weighted by molar-refractivity contribution is 0.242. The molecule has 6 heteroatoms. The third kappa shape index (κ3) is 5.06. The Kier molecular flexibility index (Phi) is 5.64. The number of nitrogens with zero attached hydrogens (tertiary/aromatic N) is 1. The molecule has 4 nitrogen and oxygen atoms in total. The third-order valence-corrected chi connectivity index (χ3v) is 4.42. The summed E-state index contributed by atoms with van der Waals surface area (Å²) in [4.78, 5) is 4.32. The van der Waals surface area contributed by atoms with Gasteiger partial charge in [-0.2, -0.15) is 0 Å². The number of rotatable bonds is 5. The Bertz CT molecular complexity index is 608. The molecule has 1 aromatic heterocycles. The molecule has 0 fully saturated rings. The van der Waals surface area contributed by atoms with E-state index in [1.807, 2.05) is 49.6 Å². The van der Waals surface area contributed by atoms with E-state index in [2.05, 4.69) is 26.2 Å².